The van der Waals surface area contributed by atoms with Gasteiger partial charge >= 0.3 is 0 Å². The molecule has 0 bridgehead atoms. The number of methoxy groups -OCH3 is 1. The quantitative estimate of drug-likeness (QED) is 0.811. The van der Waals surface area contributed by atoms with Crippen molar-refractivity contribution < 1.29 is 14.3 Å². The number of primary amides is 1. The molecule has 2 rings (SSSR count). The van der Waals surface area contributed by atoms with Crippen LogP contribution in [0.3, 0.4) is 0 Å². The van der Waals surface area contributed by atoms with Crippen LogP contribution >= 0.6 is 15.9 Å². The lowest BCUT2D eigenvalue weighted by Crippen LogP contribution is -2.13. The lowest BCUT2D eigenvalue weighted by molar-refractivity contribution is 0.0996. The second-order valence-corrected chi connectivity index (χ2v) is 5.22. The van der Waals surface area contributed by atoms with E-state index in [1.807, 2.05) is 18.2 Å². The highest BCUT2D eigenvalue weighted by atomic mass is 79.9. The number of nitrogens with two attached hydrogens (primary N) is 2. The fourth-order valence-electron chi connectivity index (χ4n) is 1.81. The molecule has 0 heterocycles. The van der Waals surface area contributed by atoms with Gasteiger partial charge in [-0.1, -0.05) is 15.9 Å². The Morgan fingerprint density at radius 2 is 2.00 bits per heavy atom. The number of benzene rings is 2. The minimum Gasteiger partial charge on any atom is -0.497 e. The summed E-state index contributed by atoms with van der Waals surface area (Å²) in [6, 6.07) is 10.3. The molecule has 0 radical (unpaired) electrons. The third kappa shape index (κ3) is 3.66. The molecule has 0 aliphatic rings. The zero-order valence-electron chi connectivity index (χ0n) is 11.4. The number of carbonyl (C=O) groups is 1. The number of amides is 1. The van der Waals surface area contributed by atoms with Crippen molar-refractivity contribution >= 4 is 27.5 Å². The highest BCUT2D eigenvalue weighted by Gasteiger charge is 2.11. The van der Waals surface area contributed by atoms with Crippen LogP contribution in [-0.4, -0.2) is 13.0 Å². The van der Waals surface area contributed by atoms with Gasteiger partial charge in [0.15, 0.2) is 0 Å². The SMILES string of the molecule is COc1ccc(Br)c(COc2cc(N)ccc2C(N)=O)c1. The number of rotatable bonds is 5. The maximum atomic E-state index is 11.4. The highest BCUT2D eigenvalue weighted by molar-refractivity contribution is 9.10. The van der Waals surface area contributed by atoms with E-state index >= 15 is 0 Å². The Hall–Kier alpha value is -2.21. The first-order valence-electron chi connectivity index (χ1n) is 6.16. The first kappa shape index (κ1) is 15.2. The number of hydrogen-bond donors (Lipinski definition) is 2. The average molecular weight is 351 g/mol. The van der Waals surface area contributed by atoms with E-state index in [0.29, 0.717) is 17.0 Å². The fraction of sp³-hybridized carbons (Fsp3) is 0.133. The predicted molar refractivity (Wildman–Crippen MR) is 84.4 cm³/mol. The van der Waals surface area contributed by atoms with Crippen LogP contribution in [0.2, 0.25) is 0 Å². The zero-order chi connectivity index (χ0) is 15.4. The Morgan fingerprint density at radius 3 is 2.67 bits per heavy atom. The summed E-state index contributed by atoms with van der Waals surface area (Å²) in [5.74, 6) is 0.520. The molecular formula is C15H15BrN2O3. The summed E-state index contributed by atoms with van der Waals surface area (Å²) in [5, 5.41) is 0. The highest BCUT2D eigenvalue weighted by Crippen LogP contribution is 2.26. The minimum absolute atomic E-state index is 0.252. The number of carbonyl (C=O) groups excluding carboxylic acids is 1. The van der Waals surface area contributed by atoms with Gasteiger partial charge in [-0.15, -0.1) is 0 Å². The molecule has 0 saturated carbocycles. The molecule has 0 spiro atoms. The monoisotopic (exact) mass is 350 g/mol. The van der Waals surface area contributed by atoms with Crippen molar-refractivity contribution in [2.45, 2.75) is 6.61 Å². The third-order valence-electron chi connectivity index (χ3n) is 2.91. The number of nitrogen functional groups attached to an aromatic ring is 1. The van der Waals surface area contributed by atoms with E-state index in [2.05, 4.69) is 15.9 Å². The van der Waals surface area contributed by atoms with Gasteiger partial charge in [0, 0.05) is 21.8 Å². The van der Waals surface area contributed by atoms with Crippen molar-refractivity contribution in [3.05, 3.63) is 52.0 Å². The van der Waals surface area contributed by atoms with E-state index in [1.165, 1.54) is 0 Å². The van der Waals surface area contributed by atoms with E-state index in [4.69, 9.17) is 20.9 Å². The van der Waals surface area contributed by atoms with Gasteiger partial charge in [-0.3, -0.25) is 4.79 Å². The van der Waals surface area contributed by atoms with Gasteiger partial charge in [-0.05, 0) is 30.3 Å². The molecule has 0 fully saturated rings. The molecule has 4 N–H and O–H groups in total. The maximum Gasteiger partial charge on any atom is 0.252 e. The molecule has 0 saturated heterocycles. The van der Waals surface area contributed by atoms with Gasteiger partial charge < -0.3 is 20.9 Å². The van der Waals surface area contributed by atoms with Gasteiger partial charge in [-0.25, -0.2) is 0 Å². The smallest absolute Gasteiger partial charge is 0.252 e. The standard InChI is InChI=1S/C15H15BrN2O3/c1-20-11-3-5-13(16)9(6-11)8-21-14-7-10(17)2-4-12(14)15(18)19/h2-7H,8,17H2,1H3,(H2,18,19). The lowest BCUT2D eigenvalue weighted by atomic mass is 10.1. The molecular weight excluding hydrogens is 336 g/mol. The molecule has 0 atom stereocenters. The fourth-order valence-corrected chi connectivity index (χ4v) is 2.17. The molecule has 0 unspecified atom stereocenters. The van der Waals surface area contributed by atoms with Crippen LogP contribution in [0.15, 0.2) is 40.9 Å². The summed E-state index contributed by atoms with van der Waals surface area (Å²) >= 11 is 3.44. The van der Waals surface area contributed by atoms with E-state index in [1.54, 1.807) is 25.3 Å². The second-order valence-electron chi connectivity index (χ2n) is 4.37. The normalized spacial score (nSPS) is 10.2. The Bertz CT molecular complexity index is 674. The Morgan fingerprint density at radius 1 is 1.24 bits per heavy atom. The molecule has 21 heavy (non-hydrogen) atoms. The van der Waals surface area contributed by atoms with E-state index in [0.717, 1.165) is 15.8 Å². The average Bonchev–Trinajstić information content (AvgIpc) is 2.46. The molecule has 5 nitrogen and oxygen atoms in total. The minimum atomic E-state index is -0.560. The molecule has 0 aromatic heterocycles. The summed E-state index contributed by atoms with van der Waals surface area (Å²) in [6.45, 7) is 0.252. The molecule has 6 heteroatoms. The molecule has 0 aliphatic heterocycles. The van der Waals surface area contributed by atoms with E-state index in [9.17, 15) is 4.79 Å². The Balaban J connectivity index is 2.24. The van der Waals surface area contributed by atoms with E-state index < -0.39 is 5.91 Å². The van der Waals surface area contributed by atoms with Crippen LogP contribution in [0, 0.1) is 0 Å². The maximum absolute atomic E-state index is 11.4. The predicted octanol–water partition coefficient (Wildman–Crippen LogP) is 2.72. The first-order chi connectivity index (χ1) is 10.0. The Labute approximate surface area is 131 Å². The van der Waals surface area contributed by atoms with Crippen molar-refractivity contribution in [2.24, 2.45) is 5.73 Å². The number of anilines is 1. The summed E-state index contributed by atoms with van der Waals surface area (Å²) in [6.07, 6.45) is 0. The third-order valence-corrected chi connectivity index (χ3v) is 3.68. The van der Waals surface area contributed by atoms with Crippen LogP contribution in [0.25, 0.3) is 0 Å². The van der Waals surface area contributed by atoms with Crippen LogP contribution in [0.1, 0.15) is 15.9 Å². The summed E-state index contributed by atoms with van der Waals surface area (Å²) in [4.78, 5) is 11.4. The van der Waals surface area contributed by atoms with Gasteiger partial charge in [0.25, 0.3) is 5.91 Å². The van der Waals surface area contributed by atoms with Crippen LogP contribution in [0.4, 0.5) is 5.69 Å². The van der Waals surface area contributed by atoms with Crippen molar-refractivity contribution in [3.63, 3.8) is 0 Å². The van der Waals surface area contributed by atoms with Crippen LogP contribution in [0.5, 0.6) is 11.5 Å². The van der Waals surface area contributed by atoms with Crippen LogP contribution < -0.4 is 20.9 Å². The van der Waals surface area contributed by atoms with Crippen molar-refractivity contribution in [1.82, 2.24) is 0 Å². The topological polar surface area (TPSA) is 87.6 Å². The van der Waals surface area contributed by atoms with Crippen molar-refractivity contribution in [3.8, 4) is 11.5 Å². The zero-order valence-corrected chi connectivity index (χ0v) is 13.0. The molecule has 110 valence electrons. The largest absolute Gasteiger partial charge is 0.497 e. The molecule has 2 aromatic carbocycles. The first-order valence-corrected chi connectivity index (χ1v) is 6.95. The summed E-state index contributed by atoms with van der Waals surface area (Å²) < 4.78 is 11.7. The van der Waals surface area contributed by atoms with E-state index in [-0.39, 0.29) is 6.61 Å². The Kier molecular flexibility index (Phi) is 4.70. The molecule has 2 aromatic rings. The van der Waals surface area contributed by atoms with Crippen LogP contribution in [-0.2, 0) is 6.61 Å². The molecule has 1 amide bonds. The van der Waals surface area contributed by atoms with Gasteiger partial charge in [0.1, 0.15) is 18.1 Å². The van der Waals surface area contributed by atoms with Crippen molar-refractivity contribution in [2.75, 3.05) is 12.8 Å². The lowest BCUT2D eigenvalue weighted by Gasteiger charge is -2.12. The number of hydrogen-bond acceptors (Lipinski definition) is 4. The molecule has 0 aliphatic carbocycles. The van der Waals surface area contributed by atoms with Gasteiger partial charge in [0.2, 0.25) is 0 Å². The number of ether oxygens (including phenoxy) is 2. The summed E-state index contributed by atoms with van der Waals surface area (Å²) in [5.41, 5.74) is 12.7. The van der Waals surface area contributed by atoms with Crippen molar-refractivity contribution in [1.29, 1.82) is 0 Å². The van der Waals surface area contributed by atoms with Gasteiger partial charge in [-0.2, -0.15) is 0 Å². The van der Waals surface area contributed by atoms with Gasteiger partial charge in [0.05, 0.1) is 12.7 Å². The summed E-state index contributed by atoms with van der Waals surface area (Å²) in [7, 11) is 1.59. The second kappa shape index (κ2) is 6.49. The number of halogens is 1.